The van der Waals surface area contributed by atoms with E-state index in [-0.39, 0.29) is 18.5 Å². The monoisotopic (exact) mass is 374 g/mol. The van der Waals surface area contributed by atoms with Crippen LogP contribution in [-0.2, 0) is 32.7 Å². The zero-order valence-electron chi connectivity index (χ0n) is 12.0. The third kappa shape index (κ3) is 4.84. The maximum Gasteiger partial charge on any atom is 0.345 e. The van der Waals surface area contributed by atoms with Gasteiger partial charge in [-0.1, -0.05) is 15.9 Å². The number of halogens is 1. The van der Waals surface area contributed by atoms with E-state index in [1.807, 2.05) is 0 Å². The molecule has 0 saturated heterocycles. The fourth-order valence-electron chi connectivity index (χ4n) is 1.62. The van der Waals surface area contributed by atoms with E-state index in [1.165, 1.54) is 7.11 Å². The van der Waals surface area contributed by atoms with Crippen molar-refractivity contribution < 1.29 is 32.7 Å². The lowest BCUT2D eigenvalue weighted by molar-refractivity contribution is -0.151. The molecule has 0 rings (SSSR count). The maximum absolute atomic E-state index is 12.8. The molecule has 0 amide bonds. The highest BCUT2D eigenvalue weighted by Gasteiger charge is 2.50. The van der Waals surface area contributed by atoms with Gasteiger partial charge in [-0.15, -0.1) is 0 Å². The number of esters is 2. The summed E-state index contributed by atoms with van der Waals surface area (Å²) in [4.78, 5) is 23.7. The number of hydrogen-bond donors (Lipinski definition) is 0. The second-order valence-electron chi connectivity index (χ2n) is 3.63. The van der Waals surface area contributed by atoms with Gasteiger partial charge < -0.3 is 18.5 Å². The summed E-state index contributed by atoms with van der Waals surface area (Å²) < 4.78 is 32.3. The molecule has 0 N–H and O–H groups in total. The van der Waals surface area contributed by atoms with Gasteiger partial charge in [0.25, 0.3) is 0 Å². The Morgan fingerprint density at radius 2 is 1.50 bits per heavy atom. The number of methoxy groups -OCH3 is 2. The average molecular weight is 375 g/mol. The molecule has 0 fully saturated rings. The van der Waals surface area contributed by atoms with Gasteiger partial charge in [-0.25, -0.2) is 0 Å². The minimum Gasteiger partial charge on any atom is -0.469 e. The second kappa shape index (κ2) is 9.50. The Labute approximate surface area is 126 Å². The van der Waals surface area contributed by atoms with Gasteiger partial charge in [0.05, 0.1) is 33.4 Å². The van der Waals surface area contributed by atoms with Gasteiger partial charge in [-0.2, -0.15) is 0 Å². The summed E-state index contributed by atoms with van der Waals surface area (Å²) in [7, 11) is -1.53. The van der Waals surface area contributed by atoms with E-state index < -0.39 is 31.1 Å². The summed E-state index contributed by atoms with van der Waals surface area (Å²) in [6.07, 6.45) is 0. The normalized spacial score (nSPS) is 14.4. The highest BCUT2D eigenvalue weighted by Crippen LogP contribution is 2.56. The largest absolute Gasteiger partial charge is 0.469 e. The van der Waals surface area contributed by atoms with Gasteiger partial charge in [-0.05, 0) is 13.8 Å². The fourth-order valence-corrected chi connectivity index (χ4v) is 4.69. The molecule has 0 aromatic carbocycles. The van der Waals surface area contributed by atoms with Crippen LogP contribution in [0.3, 0.4) is 0 Å². The minimum absolute atomic E-state index is 0.0591. The standard InChI is InChI=1S/C11H20BrO7P/c1-5-18-20(15,19-6-2)9(11(14)17-4)8(7-12)10(13)16-3/h8-9H,5-7H2,1-4H3. The summed E-state index contributed by atoms with van der Waals surface area (Å²) in [5.41, 5.74) is -1.38. The molecule has 0 saturated carbocycles. The number of carbonyl (C=O) groups excluding carboxylic acids is 2. The van der Waals surface area contributed by atoms with Crippen molar-refractivity contribution >= 4 is 35.5 Å². The van der Waals surface area contributed by atoms with E-state index in [0.717, 1.165) is 7.11 Å². The predicted molar refractivity (Wildman–Crippen MR) is 76.0 cm³/mol. The zero-order chi connectivity index (χ0) is 15.8. The zero-order valence-corrected chi connectivity index (χ0v) is 14.4. The van der Waals surface area contributed by atoms with Crippen LogP contribution < -0.4 is 0 Å². The average Bonchev–Trinajstić information content (AvgIpc) is 2.43. The lowest BCUT2D eigenvalue weighted by Crippen LogP contribution is -2.38. The first-order valence-corrected chi connectivity index (χ1v) is 8.75. The van der Waals surface area contributed by atoms with Crippen LogP contribution in [-0.4, -0.2) is 50.4 Å². The van der Waals surface area contributed by atoms with Crippen LogP contribution in [0.4, 0.5) is 0 Å². The molecular formula is C11H20BrO7P. The second-order valence-corrected chi connectivity index (χ2v) is 6.43. The number of ether oxygens (including phenoxy) is 2. The van der Waals surface area contributed by atoms with Crippen LogP contribution in [0, 0.1) is 5.92 Å². The molecule has 20 heavy (non-hydrogen) atoms. The Bertz CT molecular complexity index is 364. The van der Waals surface area contributed by atoms with Crippen LogP contribution in [0.25, 0.3) is 0 Å². The van der Waals surface area contributed by atoms with Crippen molar-refractivity contribution in [2.24, 2.45) is 5.92 Å². The smallest absolute Gasteiger partial charge is 0.345 e. The molecule has 0 spiro atoms. The van der Waals surface area contributed by atoms with Crippen molar-refractivity contribution in [2.45, 2.75) is 19.5 Å². The van der Waals surface area contributed by atoms with E-state index >= 15 is 0 Å². The van der Waals surface area contributed by atoms with E-state index in [4.69, 9.17) is 9.05 Å². The molecule has 0 aliphatic carbocycles. The number of hydrogen-bond acceptors (Lipinski definition) is 7. The van der Waals surface area contributed by atoms with Crippen molar-refractivity contribution in [1.29, 1.82) is 0 Å². The maximum atomic E-state index is 12.8. The molecule has 0 aromatic rings. The Hall–Kier alpha value is -0.430. The molecular weight excluding hydrogens is 355 g/mol. The van der Waals surface area contributed by atoms with Crippen molar-refractivity contribution in [3.63, 3.8) is 0 Å². The highest BCUT2D eigenvalue weighted by atomic mass is 79.9. The molecule has 118 valence electrons. The molecule has 2 atom stereocenters. The summed E-state index contributed by atoms with van der Waals surface area (Å²) in [6.45, 7) is 3.37. The van der Waals surface area contributed by atoms with Gasteiger partial charge in [0.15, 0.2) is 5.66 Å². The minimum atomic E-state index is -3.85. The van der Waals surface area contributed by atoms with E-state index in [1.54, 1.807) is 13.8 Å². The fraction of sp³-hybridized carbons (Fsp3) is 0.818. The van der Waals surface area contributed by atoms with E-state index in [2.05, 4.69) is 25.4 Å². The summed E-state index contributed by atoms with van der Waals surface area (Å²) >= 11 is 3.11. The SMILES string of the molecule is CCOP(=O)(OCC)C(C(=O)OC)C(CBr)C(=O)OC. The molecule has 0 radical (unpaired) electrons. The third-order valence-corrected chi connectivity index (χ3v) is 5.64. The molecule has 9 heteroatoms. The Balaban J connectivity index is 5.66. The van der Waals surface area contributed by atoms with Crippen molar-refractivity contribution in [3.8, 4) is 0 Å². The summed E-state index contributed by atoms with van der Waals surface area (Å²) in [6, 6.07) is 0. The third-order valence-electron chi connectivity index (χ3n) is 2.45. The van der Waals surface area contributed by atoms with Gasteiger partial charge in [-0.3, -0.25) is 14.2 Å². The molecule has 2 unspecified atom stereocenters. The van der Waals surface area contributed by atoms with Gasteiger partial charge >= 0.3 is 19.5 Å². The molecule has 0 heterocycles. The Morgan fingerprint density at radius 3 is 1.80 bits per heavy atom. The first-order chi connectivity index (χ1) is 9.41. The Morgan fingerprint density at radius 1 is 1.05 bits per heavy atom. The molecule has 0 aliphatic rings. The van der Waals surface area contributed by atoms with Crippen LogP contribution >= 0.6 is 23.5 Å². The first-order valence-electron chi connectivity index (χ1n) is 6.02. The highest BCUT2D eigenvalue weighted by molar-refractivity contribution is 9.09. The van der Waals surface area contributed by atoms with E-state index in [9.17, 15) is 14.2 Å². The van der Waals surface area contributed by atoms with E-state index in [0.29, 0.717) is 0 Å². The van der Waals surface area contributed by atoms with Gasteiger partial charge in [0.2, 0.25) is 0 Å². The van der Waals surface area contributed by atoms with Crippen LogP contribution in [0.2, 0.25) is 0 Å². The number of rotatable bonds is 9. The molecule has 0 aromatic heterocycles. The van der Waals surface area contributed by atoms with Gasteiger partial charge in [0.1, 0.15) is 0 Å². The Kier molecular flexibility index (Phi) is 9.29. The first kappa shape index (κ1) is 19.6. The van der Waals surface area contributed by atoms with Crippen molar-refractivity contribution in [3.05, 3.63) is 0 Å². The number of carbonyl (C=O) groups is 2. The van der Waals surface area contributed by atoms with Crippen molar-refractivity contribution in [1.82, 2.24) is 0 Å². The molecule has 7 nitrogen and oxygen atoms in total. The van der Waals surface area contributed by atoms with Crippen LogP contribution in [0.5, 0.6) is 0 Å². The lowest BCUT2D eigenvalue weighted by Gasteiger charge is -2.28. The van der Waals surface area contributed by atoms with Crippen molar-refractivity contribution in [2.75, 3.05) is 32.8 Å². The quantitative estimate of drug-likeness (QED) is 0.346. The van der Waals surface area contributed by atoms with Gasteiger partial charge in [0, 0.05) is 5.33 Å². The number of alkyl halides is 1. The van der Waals surface area contributed by atoms with Crippen LogP contribution in [0.1, 0.15) is 13.8 Å². The predicted octanol–water partition coefficient (Wildman–Crippen LogP) is 1.98. The van der Waals surface area contributed by atoms with Crippen LogP contribution in [0.15, 0.2) is 0 Å². The molecule has 0 aliphatic heterocycles. The lowest BCUT2D eigenvalue weighted by atomic mass is 10.1. The summed E-state index contributed by atoms with van der Waals surface area (Å²) in [5, 5.41) is 0.0591. The topological polar surface area (TPSA) is 88.1 Å². The summed E-state index contributed by atoms with van der Waals surface area (Å²) in [5.74, 6) is -2.57. The molecule has 0 bridgehead atoms.